The molecule has 3 heterocycles. The van der Waals surface area contributed by atoms with Crippen LogP contribution in [-0.4, -0.2) is 81.0 Å². The Hall–Kier alpha value is -3.13. The molecule has 51 heavy (non-hydrogen) atoms. The van der Waals surface area contributed by atoms with Crippen LogP contribution in [0.15, 0.2) is 121 Å². The predicted molar refractivity (Wildman–Crippen MR) is 193 cm³/mol. The Labute approximate surface area is 304 Å². The molecule has 10 heteroatoms. The number of thioether (sulfide) groups is 1. The molecule has 0 aromatic heterocycles. The number of fused-ring (bicyclic) bond motifs is 1. The molecule has 0 radical (unpaired) electrons. The molecule has 4 aromatic rings. The minimum absolute atomic E-state index is 0.293. The summed E-state index contributed by atoms with van der Waals surface area (Å²) >= 11 is 1.69. The van der Waals surface area contributed by atoms with E-state index in [0.29, 0.717) is 32.2 Å². The summed E-state index contributed by atoms with van der Waals surface area (Å²) in [4.78, 5) is 0. The molecule has 4 aromatic carbocycles. The molecule has 0 amide bonds. The van der Waals surface area contributed by atoms with Gasteiger partial charge in [-0.15, -0.1) is 0 Å². The van der Waals surface area contributed by atoms with E-state index < -0.39 is 55.5 Å². The van der Waals surface area contributed by atoms with Crippen molar-refractivity contribution < 1.29 is 42.6 Å². The van der Waals surface area contributed by atoms with Crippen molar-refractivity contribution in [2.45, 2.75) is 81.4 Å². The molecular formula is C41H46O9S. The van der Waals surface area contributed by atoms with Crippen LogP contribution in [0.4, 0.5) is 0 Å². The highest BCUT2D eigenvalue weighted by molar-refractivity contribution is 7.98. The first-order valence-corrected chi connectivity index (χ1v) is 18.9. The van der Waals surface area contributed by atoms with Crippen molar-refractivity contribution in [3.63, 3.8) is 0 Å². The van der Waals surface area contributed by atoms with Crippen molar-refractivity contribution in [3.05, 3.63) is 144 Å². The first kappa shape index (κ1) is 36.2. The summed E-state index contributed by atoms with van der Waals surface area (Å²) in [6.07, 6.45) is -3.74. The van der Waals surface area contributed by atoms with Crippen LogP contribution >= 0.6 is 11.8 Å². The third kappa shape index (κ3) is 9.09. The molecule has 3 aliphatic rings. The van der Waals surface area contributed by atoms with Crippen LogP contribution in [0, 0.1) is 0 Å². The van der Waals surface area contributed by atoms with E-state index in [9.17, 15) is 0 Å². The fourth-order valence-electron chi connectivity index (χ4n) is 6.78. The van der Waals surface area contributed by atoms with E-state index in [4.69, 9.17) is 42.6 Å². The summed E-state index contributed by atoms with van der Waals surface area (Å²) in [5.41, 5.74) is 4.04. The highest BCUT2D eigenvalue weighted by Crippen LogP contribution is 2.39. The van der Waals surface area contributed by atoms with Gasteiger partial charge in [0.2, 0.25) is 0 Å². The molecule has 270 valence electrons. The summed E-state index contributed by atoms with van der Waals surface area (Å²) in [7, 11) is 1.61. The number of hydrogen-bond donors (Lipinski definition) is 0. The van der Waals surface area contributed by atoms with Gasteiger partial charge >= 0.3 is 0 Å². The molecule has 0 bridgehead atoms. The molecule has 3 saturated heterocycles. The average molecular weight is 715 g/mol. The van der Waals surface area contributed by atoms with Gasteiger partial charge in [-0.25, -0.2) is 0 Å². The number of hydrogen-bond acceptors (Lipinski definition) is 10. The average Bonchev–Trinajstić information content (AvgIpc) is 3.51. The van der Waals surface area contributed by atoms with Crippen molar-refractivity contribution in [1.82, 2.24) is 0 Å². The van der Waals surface area contributed by atoms with Gasteiger partial charge in [-0.1, -0.05) is 121 Å². The fraction of sp³-hybridized carbons (Fsp3) is 0.415. The lowest BCUT2D eigenvalue weighted by molar-refractivity contribution is -0.382. The van der Waals surface area contributed by atoms with E-state index in [0.717, 1.165) is 22.3 Å². The van der Waals surface area contributed by atoms with Crippen LogP contribution in [0.25, 0.3) is 0 Å². The maximum Gasteiger partial charge on any atom is 0.187 e. The molecule has 7 rings (SSSR count). The van der Waals surface area contributed by atoms with E-state index in [1.54, 1.807) is 18.9 Å². The van der Waals surface area contributed by atoms with Gasteiger partial charge in [0.05, 0.1) is 32.5 Å². The smallest absolute Gasteiger partial charge is 0.187 e. The topological polar surface area (TPSA) is 83.1 Å². The first-order valence-electron chi connectivity index (χ1n) is 17.5. The standard InChI is InChI=1S/C41H46O9S/c1-42-40-38(36(44-24-29-17-9-4-10-18-29)35-32(47-40)26-46-39(49-35)31-21-13-6-14-22-31)50-41-37(45-25-30-19-11-5-12-20-30)34(33(48-41)27-51-2)43-23-28-15-7-3-8-16-28/h3-22,32-41H,23-27H2,1-2H3/t32-,33-,34+,35-,36+,37-,38+,39?,40+,41-/m1/s1. The number of rotatable bonds is 15. The number of ether oxygens (including phenoxy) is 9. The van der Waals surface area contributed by atoms with Gasteiger partial charge in [-0.3, -0.25) is 0 Å². The second-order valence-electron chi connectivity index (χ2n) is 12.8. The van der Waals surface area contributed by atoms with Gasteiger partial charge in [0, 0.05) is 18.4 Å². The zero-order valence-corrected chi connectivity index (χ0v) is 29.8. The van der Waals surface area contributed by atoms with Gasteiger partial charge in [0.25, 0.3) is 0 Å². The SMILES string of the molecule is CO[C@H]1O[C@@H]2COC(c3ccccc3)O[C@H]2[C@H](OCc2ccccc2)[C@@H]1O[C@H]1O[C@H](CSC)[C@H](OCc2ccccc2)[C@H]1OCc1ccccc1. The molecule has 0 aliphatic carbocycles. The van der Waals surface area contributed by atoms with E-state index in [1.807, 2.05) is 109 Å². The molecule has 0 spiro atoms. The van der Waals surface area contributed by atoms with Crippen molar-refractivity contribution in [2.75, 3.05) is 25.7 Å². The van der Waals surface area contributed by atoms with E-state index in [1.165, 1.54) is 0 Å². The van der Waals surface area contributed by atoms with Crippen LogP contribution in [0.2, 0.25) is 0 Å². The monoisotopic (exact) mass is 714 g/mol. The summed E-state index contributed by atoms with van der Waals surface area (Å²) < 4.78 is 59.0. The second kappa shape index (κ2) is 18.1. The lowest BCUT2D eigenvalue weighted by Gasteiger charge is -2.49. The third-order valence-corrected chi connectivity index (χ3v) is 10.00. The summed E-state index contributed by atoms with van der Waals surface area (Å²) in [5, 5.41) is 0. The Morgan fingerprint density at radius 3 is 1.67 bits per heavy atom. The minimum Gasteiger partial charge on any atom is -0.368 e. The molecule has 9 nitrogen and oxygen atoms in total. The van der Waals surface area contributed by atoms with E-state index in [-0.39, 0.29) is 6.10 Å². The van der Waals surface area contributed by atoms with Crippen LogP contribution < -0.4 is 0 Å². The maximum atomic E-state index is 6.97. The van der Waals surface area contributed by atoms with Crippen molar-refractivity contribution in [3.8, 4) is 0 Å². The second-order valence-corrected chi connectivity index (χ2v) is 13.7. The highest BCUT2D eigenvalue weighted by Gasteiger charge is 2.55. The molecule has 3 fully saturated rings. The van der Waals surface area contributed by atoms with Gasteiger partial charge in [0.1, 0.15) is 36.6 Å². The summed E-state index contributed by atoms with van der Waals surface area (Å²) in [6, 6.07) is 40.1. The minimum atomic E-state index is -0.818. The van der Waals surface area contributed by atoms with Crippen LogP contribution in [-0.2, 0) is 62.5 Å². The first-order chi connectivity index (χ1) is 25.2. The molecular weight excluding hydrogens is 669 g/mol. The molecule has 3 aliphatic heterocycles. The van der Waals surface area contributed by atoms with Crippen LogP contribution in [0.1, 0.15) is 28.5 Å². The van der Waals surface area contributed by atoms with Crippen molar-refractivity contribution in [1.29, 1.82) is 0 Å². The van der Waals surface area contributed by atoms with Crippen LogP contribution in [0.3, 0.4) is 0 Å². The van der Waals surface area contributed by atoms with Gasteiger partial charge < -0.3 is 42.6 Å². The van der Waals surface area contributed by atoms with Crippen molar-refractivity contribution >= 4 is 11.8 Å². The number of benzene rings is 4. The normalized spacial score (nSPS) is 30.5. The molecule has 0 N–H and O–H groups in total. The Morgan fingerprint density at radius 2 is 1.12 bits per heavy atom. The van der Waals surface area contributed by atoms with E-state index in [2.05, 4.69) is 18.4 Å². The largest absolute Gasteiger partial charge is 0.368 e. The van der Waals surface area contributed by atoms with Crippen molar-refractivity contribution in [2.24, 2.45) is 0 Å². The van der Waals surface area contributed by atoms with E-state index >= 15 is 0 Å². The van der Waals surface area contributed by atoms with Gasteiger partial charge in [-0.05, 0) is 22.9 Å². The molecule has 10 atom stereocenters. The highest BCUT2D eigenvalue weighted by atomic mass is 32.2. The Balaban J connectivity index is 1.18. The fourth-order valence-corrected chi connectivity index (χ4v) is 7.38. The van der Waals surface area contributed by atoms with Gasteiger partial charge in [-0.2, -0.15) is 11.8 Å². The molecule has 0 saturated carbocycles. The Bertz CT molecular complexity index is 1580. The quantitative estimate of drug-likeness (QED) is 0.133. The molecule has 1 unspecified atom stereocenters. The summed E-state index contributed by atoms with van der Waals surface area (Å²) in [6.45, 7) is 1.41. The lowest BCUT2D eigenvalue weighted by Crippen LogP contribution is -2.64. The summed E-state index contributed by atoms with van der Waals surface area (Å²) in [5.74, 6) is 0.692. The number of methoxy groups -OCH3 is 1. The maximum absolute atomic E-state index is 6.97. The van der Waals surface area contributed by atoms with Crippen LogP contribution in [0.5, 0.6) is 0 Å². The van der Waals surface area contributed by atoms with Gasteiger partial charge in [0.15, 0.2) is 18.9 Å². The Morgan fingerprint density at radius 1 is 0.588 bits per heavy atom. The lowest BCUT2D eigenvalue weighted by atomic mass is 9.97. The zero-order valence-electron chi connectivity index (χ0n) is 28.9. The zero-order chi connectivity index (χ0) is 34.8. The Kier molecular flexibility index (Phi) is 12.8. The predicted octanol–water partition coefficient (Wildman–Crippen LogP) is 6.70. The third-order valence-electron chi connectivity index (χ3n) is 9.33.